The summed E-state index contributed by atoms with van der Waals surface area (Å²) in [5.74, 6) is 0. The Morgan fingerprint density at radius 2 is 1.85 bits per heavy atom. The molecule has 2 bridgehead atoms. The Labute approximate surface area is 126 Å². The summed E-state index contributed by atoms with van der Waals surface area (Å²) >= 11 is 5.24. The number of nitrogens with one attached hydrogen (secondary N) is 3. The van der Waals surface area contributed by atoms with Crippen LogP contribution in [0.1, 0.15) is 31.2 Å². The van der Waals surface area contributed by atoms with E-state index >= 15 is 0 Å². The first kappa shape index (κ1) is 13.8. The predicted molar refractivity (Wildman–Crippen MR) is 85.7 cm³/mol. The van der Waals surface area contributed by atoms with Crippen LogP contribution in [0.4, 0.5) is 0 Å². The third kappa shape index (κ3) is 2.96. The van der Waals surface area contributed by atoms with Crippen LogP contribution in [-0.4, -0.2) is 30.3 Å². The highest BCUT2D eigenvalue weighted by atomic mass is 32.1. The van der Waals surface area contributed by atoms with E-state index in [2.05, 4.69) is 41.0 Å². The molecular formula is C16H24N3S+. The molecule has 2 unspecified atom stereocenters. The molecule has 4 atom stereocenters. The van der Waals surface area contributed by atoms with E-state index in [1.807, 2.05) is 7.05 Å². The summed E-state index contributed by atoms with van der Waals surface area (Å²) in [5.41, 5.74) is 1.47. The molecule has 0 radical (unpaired) electrons. The maximum Gasteiger partial charge on any atom is 0.166 e. The zero-order valence-corrected chi connectivity index (χ0v) is 12.9. The second-order valence-electron chi connectivity index (χ2n) is 6.10. The van der Waals surface area contributed by atoms with Crippen molar-refractivity contribution in [2.75, 3.05) is 7.05 Å². The van der Waals surface area contributed by atoms with Crippen LogP contribution in [0.3, 0.4) is 0 Å². The highest BCUT2D eigenvalue weighted by molar-refractivity contribution is 7.80. The van der Waals surface area contributed by atoms with Gasteiger partial charge in [0.2, 0.25) is 0 Å². The topological polar surface area (TPSA) is 28.5 Å². The van der Waals surface area contributed by atoms with Gasteiger partial charge in [-0.25, -0.2) is 0 Å². The summed E-state index contributed by atoms with van der Waals surface area (Å²) in [4.78, 5) is 1.80. The Morgan fingerprint density at radius 3 is 2.45 bits per heavy atom. The highest BCUT2D eigenvalue weighted by Crippen LogP contribution is 2.23. The summed E-state index contributed by atoms with van der Waals surface area (Å²) < 4.78 is 0. The van der Waals surface area contributed by atoms with E-state index in [-0.39, 0.29) is 0 Å². The zero-order chi connectivity index (χ0) is 13.9. The van der Waals surface area contributed by atoms with Crippen LogP contribution < -0.4 is 15.5 Å². The Balaban J connectivity index is 1.62. The largest absolute Gasteiger partial charge is 0.366 e. The van der Waals surface area contributed by atoms with Gasteiger partial charge in [0.1, 0.15) is 6.54 Å². The number of benzene rings is 1. The fourth-order valence-corrected chi connectivity index (χ4v) is 4.09. The molecule has 2 aliphatic rings. The van der Waals surface area contributed by atoms with Crippen molar-refractivity contribution < 1.29 is 4.90 Å². The SMILES string of the molecule is CNC(=S)NC1C[C@H]2CC[C@@H](C1)[NH+]2Cc1ccccc1. The first-order valence-corrected chi connectivity index (χ1v) is 8.05. The van der Waals surface area contributed by atoms with Gasteiger partial charge in [0.05, 0.1) is 12.1 Å². The summed E-state index contributed by atoms with van der Waals surface area (Å²) in [5, 5.41) is 7.28. The van der Waals surface area contributed by atoms with Gasteiger partial charge >= 0.3 is 0 Å². The quantitative estimate of drug-likeness (QED) is 0.721. The van der Waals surface area contributed by atoms with Gasteiger partial charge < -0.3 is 15.5 Å². The lowest BCUT2D eigenvalue weighted by atomic mass is 9.96. The van der Waals surface area contributed by atoms with Crippen molar-refractivity contribution in [3.63, 3.8) is 0 Å². The van der Waals surface area contributed by atoms with Gasteiger partial charge in [-0.15, -0.1) is 0 Å². The fourth-order valence-electron chi connectivity index (χ4n) is 3.92. The van der Waals surface area contributed by atoms with Gasteiger partial charge in [-0.3, -0.25) is 0 Å². The number of hydrogen-bond acceptors (Lipinski definition) is 1. The van der Waals surface area contributed by atoms with Gasteiger partial charge in [0.25, 0.3) is 0 Å². The van der Waals surface area contributed by atoms with Crippen LogP contribution >= 0.6 is 12.2 Å². The van der Waals surface area contributed by atoms with Crippen LogP contribution in [-0.2, 0) is 6.54 Å². The standard InChI is InChI=1S/C16H23N3S/c1-17-16(20)18-13-9-14-7-8-15(10-13)19(14)11-12-5-3-2-4-6-12/h2-6,13-15H,7-11H2,1H3,(H2,17,18,20)/p+1/t13?,14-,15+. The predicted octanol–water partition coefficient (Wildman–Crippen LogP) is 0.859. The van der Waals surface area contributed by atoms with Crippen molar-refractivity contribution in [2.45, 2.75) is 50.4 Å². The second-order valence-corrected chi connectivity index (χ2v) is 6.51. The third-order valence-electron chi connectivity index (χ3n) is 4.86. The van der Waals surface area contributed by atoms with Crippen LogP contribution in [0.25, 0.3) is 0 Å². The lowest BCUT2D eigenvalue weighted by Crippen LogP contribution is -3.17. The minimum absolute atomic E-state index is 0.562. The summed E-state index contributed by atoms with van der Waals surface area (Å²) in [6, 6.07) is 13.1. The minimum atomic E-state index is 0.562. The maximum absolute atomic E-state index is 5.24. The Bertz CT molecular complexity index is 448. The number of rotatable bonds is 3. The minimum Gasteiger partial charge on any atom is -0.366 e. The molecule has 2 saturated heterocycles. The highest BCUT2D eigenvalue weighted by Gasteiger charge is 2.44. The molecule has 0 spiro atoms. The average Bonchev–Trinajstić information content (AvgIpc) is 2.71. The Morgan fingerprint density at radius 1 is 1.20 bits per heavy atom. The lowest BCUT2D eigenvalue weighted by Gasteiger charge is -2.36. The second kappa shape index (κ2) is 6.10. The molecule has 4 heteroatoms. The van der Waals surface area contributed by atoms with E-state index in [0.29, 0.717) is 6.04 Å². The normalized spacial score (nSPS) is 31.9. The maximum atomic E-state index is 5.24. The number of quaternary nitrogens is 1. The van der Waals surface area contributed by atoms with Crippen molar-refractivity contribution in [1.29, 1.82) is 0 Å². The number of thiocarbonyl (C=S) groups is 1. The summed E-state index contributed by atoms with van der Waals surface area (Å²) in [7, 11) is 1.89. The molecule has 3 nitrogen and oxygen atoms in total. The van der Waals surface area contributed by atoms with Crippen LogP contribution in [0.2, 0.25) is 0 Å². The van der Waals surface area contributed by atoms with E-state index in [0.717, 1.165) is 17.2 Å². The van der Waals surface area contributed by atoms with Gasteiger partial charge in [-0.2, -0.15) is 0 Å². The molecule has 2 fully saturated rings. The van der Waals surface area contributed by atoms with Gasteiger partial charge in [-0.05, 0) is 12.2 Å². The Hall–Kier alpha value is -1.13. The van der Waals surface area contributed by atoms with Gasteiger partial charge in [0, 0.05) is 44.3 Å². The van der Waals surface area contributed by atoms with Crippen molar-refractivity contribution in [2.24, 2.45) is 0 Å². The van der Waals surface area contributed by atoms with E-state index in [9.17, 15) is 0 Å². The Kier molecular flexibility index (Phi) is 4.22. The molecule has 2 heterocycles. The molecule has 0 amide bonds. The van der Waals surface area contributed by atoms with Crippen molar-refractivity contribution in [1.82, 2.24) is 10.6 Å². The molecule has 1 aromatic rings. The number of piperidine rings is 1. The molecular weight excluding hydrogens is 266 g/mol. The van der Waals surface area contributed by atoms with Gasteiger partial charge in [-0.1, -0.05) is 30.3 Å². The van der Waals surface area contributed by atoms with Crippen LogP contribution in [0.15, 0.2) is 30.3 Å². The molecule has 2 aliphatic heterocycles. The molecule has 3 rings (SSSR count). The molecule has 1 aromatic carbocycles. The van der Waals surface area contributed by atoms with E-state index in [1.165, 1.54) is 37.8 Å². The summed E-state index contributed by atoms with van der Waals surface area (Å²) in [6.07, 6.45) is 5.25. The van der Waals surface area contributed by atoms with Gasteiger partial charge in [0.15, 0.2) is 5.11 Å². The van der Waals surface area contributed by atoms with Crippen LogP contribution in [0.5, 0.6) is 0 Å². The first-order valence-electron chi connectivity index (χ1n) is 7.64. The van der Waals surface area contributed by atoms with Crippen molar-refractivity contribution in [3.05, 3.63) is 35.9 Å². The van der Waals surface area contributed by atoms with Crippen molar-refractivity contribution >= 4 is 17.3 Å². The molecule has 3 N–H and O–H groups in total. The van der Waals surface area contributed by atoms with E-state index in [1.54, 1.807) is 4.90 Å². The monoisotopic (exact) mass is 290 g/mol. The first-order chi connectivity index (χ1) is 9.76. The molecule has 108 valence electrons. The van der Waals surface area contributed by atoms with E-state index in [4.69, 9.17) is 12.2 Å². The number of hydrogen-bond donors (Lipinski definition) is 3. The molecule has 20 heavy (non-hydrogen) atoms. The fraction of sp³-hybridized carbons (Fsp3) is 0.562. The van der Waals surface area contributed by atoms with E-state index < -0.39 is 0 Å². The summed E-state index contributed by atoms with van der Waals surface area (Å²) in [6.45, 7) is 1.18. The lowest BCUT2D eigenvalue weighted by molar-refractivity contribution is -0.954. The van der Waals surface area contributed by atoms with Crippen LogP contribution in [0, 0.1) is 0 Å². The van der Waals surface area contributed by atoms with Crippen molar-refractivity contribution in [3.8, 4) is 0 Å². The smallest absolute Gasteiger partial charge is 0.166 e. The third-order valence-corrected chi connectivity index (χ3v) is 5.19. The zero-order valence-electron chi connectivity index (χ0n) is 12.1. The average molecular weight is 290 g/mol. The molecule has 0 aromatic heterocycles. The molecule has 0 aliphatic carbocycles. The molecule has 0 saturated carbocycles. The number of fused-ring (bicyclic) bond motifs is 2.